The summed E-state index contributed by atoms with van der Waals surface area (Å²) in [6.45, 7) is 4.88. The molecule has 2 aliphatic carbocycles. The number of nitrogens with one attached hydrogen (secondary N) is 1. The van der Waals surface area contributed by atoms with Gasteiger partial charge in [-0.1, -0.05) is 6.92 Å². The summed E-state index contributed by atoms with van der Waals surface area (Å²) < 4.78 is 0. The zero-order valence-corrected chi connectivity index (χ0v) is 12.9. The highest BCUT2D eigenvalue weighted by atomic mass is 15.2. The van der Waals surface area contributed by atoms with E-state index in [9.17, 15) is 5.26 Å². The highest BCUT2D eigenvalue weighted by Gasteiger charge is 2.41. The molecule has 1 aliphatic heterocycles. The molecule has 20 heavy (non-hydrogen) atoms. The molecule has 1 saturated heterocycles. The van der Waals surface area contributed by atoms with Crippen LogP contribution in [0.4, 0.5) is 0 Å². The second-order valence-corrected chi connectivity index (χ2v) is 7.43. The molecule has 3 rings (SSSR count). The van der Waals surface area contributed by atoms with Crippen molar-refractivity contribution < 1.29 is 0 Å². The molecule has 112 valence electrons. The number of nitrogens with zero attached hydrogens (tertiary/aromatic N) is 2. The van der Waals surface area contributed by atoms with E-state index in [1.807, 2.05) is 0 Å². The van der Waals surface area contributed by atoms with Crippen molar-refractivity contribution in [1.29, 1.82) is 5.26 Å². The van der Waals surface area contributed by atoms with E-state index >= 15 is 0 Å². The third kappa shape index (κ3) is 3.35. The number of likely N-dealkylation sites (tertiary alicyclic amines) is 1. The first kappa shape index (κ1) is 14.4. The van der Waals surface area contributed by atoms with Crippen LogP contribution in [0.5, 0.6) is 0 Å². The van der Waals surface area contributed by atoms with Crippen molar-refractivity contribution >= 4 is 0 Å². The van der Waals surface area contributed by atoms with Crippen LogP contribution < -0.4 is 5.32 Å². The topological polar surface area (TPSA) is 39.1 Å². The van der Waals surface area contributed by atoms with Crippen molar-refractivity contribution in [3.63, 3.8) is 0 Å². The Bertz CT molecular complexity index is 371. The van der Waals surface area contributed by atoms with Crippen LogP contribution in [0.2, 0.25) is 0 Å². The molecule has 3 unspecified atom stereocenters. The fourth-order valence-corrected chi connectivity index (χ4v) is 4.09. The van der Waals surface area contributed by atoms with Crippen LogP contribution in [0.1, 0.15) is 64.7 Å². The second-order valence-electron chi connectivity index (χ2n) is 7.43. The average molecular weight is 275 g/mol. The van der Waals surface area contributed by atoms with Crippen LogP contribution >= 0.6 is 0 Å². The number of hydrogen-bond acceptors (Lipinski definition) is 3. The van der Waals surface area contributed by atoms with Gasteiger partial charge < -0.3 is 4.90 Å². The molecule has 3 nitrogen and oxygen atoms in total. The van der Waals surface area contributed by atoms with Crippen molar-refractivity contribution in [2.45, 2.75) is 82.3 Å². The first-order valence-corrected chi connectivity index (χ1v) is 8.64. The van der Waals surface area contributed by atoms with Gasteiger partial charge in [0.2, 0.25) is 0 Å². The molecule has 1 heterocycles. The normalized spacial score (nSPS) is 40.0. The molecule has 0 aromatic heterocycles. The van der Waals surface area contributed by atoms with Gasteiger partial charge in [-0.05, 0) is 76.8 Å². The van der Waals surface area contributed by atoms with Crippen molar-refractivity contribution in [2.24, 2.45) is 5.92 Å². The SMILES string of the molecule is CC1CCCN(C2CCCC(C#N)(NC3CC3)C2)CC1. The van der Waals surface area contributed by atoms with Crippen molar-refractivity contribution in [2.75, 3.05) is 13.1 Å². The molecule has 3 aliphatic rings. The molecule has 3 heteroatoms. The van der Waals surface area contributed by atoms with E-state index in [-0.39, 0.29) is 5.54 Å². The van der Waals surface area contributed by atoms with Crippen LogP contribution in [-0.4, -0.2) is 35.6 Å². The zero-order valence-electron chi connectivity index (χ0n) is 12.9. The van der Waals surface area contributed by atoms with Crippen molar-refractivity contribution in [3.8, 4) is 6.07 Å². The molecule has 1 N–H and O–H groups in total. The lowest BCUT2D eigenvalue weighted by atomic mass is 9.79. The summed E-state index contributed by atoms with van der Waals surface area (Å²) in [5.41, 5.74) is -0.220. The quantitative estimate of drug-likeness (QED) is 0.860. The van der Waals surface area contributed by atoms with Gasteiger partial charge in [0.05, 0.1) is 6.07 Å². The lowest BCUT2D eigenvalue weighted by Crippen LogP contribution is -2.53. The Morgan fingerprint density at radius 3 is 2.70 bits per heavy atom. The Labute approximate surface area is 123 Å². The number of hydrogen-bond donors (Lipinski definition) is 1. The summed E-state index contributed by atoms with van der Waals surface area (Å²) in [7, 11) is 0. The van der Waals surface area contributed by atoms with E-state index < -0.39 is 0 Å². The summed E-state index contributed by atoms with van der Waals surface area (Å²) in [6, 6.07) is 3.92. The third-order valence-electron chi connectivity index (χ3n) is 5.56. The minimum absolute atomic E-state index is 0.220. The molecule has 3 atom stereocenters. The standard InChI is InChI=1S/C17H29N3/c1-14-4-3-10-20(11-8-14)16-5-2-9-17(12-16,13-18)19-15-6-7-15/h14-16,19H,2-12H2,1H3. The monoisotopic (exact) mass is 275 g/mol. The van der Waals surface area contributed by atoms with E-state index in [2.05, 4.69) is 23.2 Å². The molecule has 3 fully saturated rings. The van der Waals surface area contributed by atoms with E-state index in [1.54, 1.807) is 0 Å². The number of rotatable bonds is 3. The molecule has 0 aromatic rings. The highest BCUT2D eigenvalue weighted by molar-refractivity contribution is 5.13. The molecule has 0 amide bonds. The lowest BCUT2D eigenvalue weighted by molar-refractivity contribution is 0.121. The Morgan fingerprint density at radius 2 is 1.95 bits per heavy atom. The Balaban J connectivity index is 1.62. The van der Waals surface area contributed by atoms with Crippen LogP contribution in [0, 0.1) is 17.2 Å². The molecule has 2 saturated carbocycles. The van der Waals surface area contributed by atoms with Crippen molar-refractivity contribution in [3.05, 3.63) is 0 Å². The molecular formula is C17H29N3. The van der Waals surface area contributed by atoms with Crippen LogP contribution in [-0.2, 0) is 0 Å². The summed E-state index contributed by atoms with van der Waals surface area (Å²) in [4.78, 5) is 2.70. The van der Waals surface area contributed by atoms with Gasteiger partial charge in [0.25, 0.3) is 0 Å². The third-order valence-corrected chi connectivity index (χ3v) is 5.56. The van der Waals surface area contributed by atoms with Gasteiger partial charge in [-0.25, -0.2) is 0 Å². The van der Waals surface area contributed by atoms with E-state index in [0.29, 0.717) is 12.1 Å². The molecule has 0 radical (unpaired) electrons. The summed E-state index contributed by atoms with van der Waals surface area (Å²) in [5.74, 6) is 0.883. The van der Waals surface area contributed by atoms with Crippen LogP contribution in [0.3, 0.4) is 0 Å². The van der Waals surface area contributed by atoms with Gasteiger partial charge in [-0.2, -0.15) is 5.26 Å². The predicted octanol–water partition coefficient (Wildman–Crippen LogP) is 3.07. The van der Waals surface area contributed by atoms with Gasteiger partial charge >= 0.3 is 0 Å². The summed E-state index contributed by atoms with van der Waals surface area (Å²) in [5, 5.41) is 13.4. The Morgan fingerprint density at radius 1 is 1.10 bits per heavy atom. The minimum atomic E-state index is -0.220. The average Bonchev–Trinajstić information content (AvgIpc) is 3.27. The molecule has 0 bridgehead atoms. The fourth-order valence-electron chi connectivity index (χ4n) is 4.09. The zero-order chi connectivity index (χ0) is 14.0. The summed E-state index contributed by atoms with van der Waals surface area (Å²) in [6.07, 6.45) is 11.2. The minimum Gasteiger partial charge on any atom is -0.300 e. The predicted molar refractivity (Wildman–Crippen MR) is 81.3 cm³/mol. The maximum Gasteiger partial charge on any atom is 0.108 e. The smallest absolute Gasteiger partial charge is 0.108 e. The molecule has 0 spiro atoms. The van der Waals surface area contributed by atoms with Gasteiger partial charge in [0.15, 0.2) is 0 Å². The fraction of sp³-hybridized carbons (Fsp3) is 0.941. The van der Waals surface area contributed by atoms with Gasteiger partial charge in [-0.15, -0.1) is 0 Å². The molecular weight excluding hydrogens is 246 g/mol. The van der Waals surface area contributed by atoms with Crippen LogP contribution in [0.25, 0.3) is 0 Å². The summed E-state index contributed by atoms with van der Waals surface area (Å²) >= 11 is 0. The lowest BCUT2D eigenvalue weighted by Gasteiger charge is -2.41. The van der Waals surface area contributed by atoms with Gasteiger partial charge in [-0.3, -0.25) is 5.32 Å². The highest BCUT2D eigenvalue weighted by Crippen LogP contribution is 2.35. The van der Waals surface area contributed by atoms with Gasteiger partial charge in [0, 0.05) is 12.1 Å². The van der Waals surface area contributed by atoms with Crippen LogP contribution in [0.15, 0.2) is 0 Å². The Kier molecular flexibility index (Phi) is 4.33. The number of nitriles is 1. The largest absolute Gasteiger partial charge is 0.300 e. The van der Waals surface area contributed by atoms with E-state index in [0.717, 1.165) is 18.8 Å². The second kappa shape index (κ2) is 6.03. The van der Waals surface area contributed by atoms with Gasteiger partial charge in [0.1, 0.15) is 5.54 Å². The maximum atomic E-state index is 9.70. The first-order valence-electron chi connectivity index (χ1n) is 8.64. The van der Waals surface area contributed by atoms with E-state index in [1.165, 1.54) is 58.0 Å². The maximum absolute atomic E-state index is 9.70. The van der Waals surface area contributed by atoms with E-state index in [4.69, 9.17) is 0 Å². The Hall–Kier alpha value is -0.590. The first-order chi connectivity index (χ1) is 9.71. The van der Waals surface area contributed by atoms with Crippen molar-refractivity contribution in [1.82, 2.24) is 10.2 Å². The molecule has 0 aromatic carbocycles.